The number of rotatable bonds is 4. The zero-order valence-corrected chi connectivity index (χ0v) is 11.1. The quantitative estimate of drug-likeness (QED) is 0.895. The fourth-order valence-electron chi connectivity index (χ4n) is 1.67. The van der Waals surface area contributed by atoms with E-state index >= 15 is 0 Å². The van der Waals surface area contributed by atoms with E-state index in [0.29, 0.717) is 12.2 Å². The van der Waals surface area contributed by atoms with Crippen LogP contribution in [0.25, 0.3) is 0 Å². The predicted molar refractivity (Wildman–Crippen MR) is 69.8 cm³/mol. The Balaban J connectivity index is 2.04. The number of aromatic amines is 1. The van der Waals surface area contributed by atoms with Gasteiger partial charge in [0, 0.05) is 36.2 Å². The Morgan fingerprint density at radius 3 is 3.06 bits per heavy atom. The topological polar surface area (TPSA) is 49.8 Å². The van der Waals surface area contributed by atoms with Gasteiger partial charge in [0.25, 0.3) is 5.91 Å². The van der Waals surface area contributed by atoms with Gasteiger partial charge in [-0.05, 0) is 40.5 Å². The molecular formula is C12H14BrN3O. The van der Waals surface area contributed by atoms with E-state index in [-0.39, 0.29) is 5.91 Å². The lowest BCUT2D eigenvalue weighted by molar-refractivity contribution is 0.0942. The normalized spacial score (nSPS) is 10.5. The van der Waals surface area contributed by atoms with Crippen LogP contribution in [0, 0.1) is 0 Å². The summed E-state index contributed by atoms with van der Waals surface area (Å²) in [5.41, 5.74) is 1.74. The Labute approximate surface area is 108 Å². The number of halogens is 1. The number of aryl methyl sites for hydroxylation is 1. The van der Waals surface area contributed by atoms with Crippen molar-refractivity contribution in [3.63, 3.8) is 0 Å². The van der Waals surface area contributed by atoms with Crippen LogP contribution in [0.4, 0.5) is 0 Å². The van der Waals surface area contributed by atoms with Crippen molar-refractivity contribution in [3.05, 3.63) is 46.5 Å². The lowest BCUT2D eigenvalue weighted by Crippen LogP contribution is -2.25. The number of H-pyrrole nitrogens is 1. The smallest absolute Gasteiger partial charge is 0.268 e. The summed E-state index contributed by atoms with van der Waals surface area (Å²) in [5, 5.41) is 2.89. The lowest BCUT2D eigenvalue weighted by atomic mass is 10.3. The van der Waals surface area contributed by atoms with E-state index in [2.05, 4.69) is 26.2 Å². The molecule has 90 valence electrons. The van der Waals surface area contributed by atoms with Crippen LogP contribution >= 0.6 is 15.9 Å². The van der Waals surface area contributed by atoms with Crippen molar-refractivity contribution in [1.29, 1.82) is 0 Å². The Morgan fingerprint density at radius 1 is 1.59 bits per heavy atom. The molecule has 2 N–H and O–H groups in total. The van der Waals surface area contributed by atoms with E-state index in [1.807, 2.05) is 42.2 Å². The summed E-state index contributed by atoms with van der Waals surface area (Å²) in [4.78, 5) is 14.9. The molecule has 2 aromatic heterocycles. The molecule has 0 atom stereocenters. The minimum absolute atomic E-state index is 0.0567. The van der Waals surface area contributed by atoms with Gasteiger partial charge in [-0.2, -0.15) is 0 Å². The number of hydrogen-bond donors (Lipinski definition) is 2. The highest BCUT2D eigenvalue weighted by Crippen LogP contribution is 2.15. The van der Waals surface area contributed by atoms with Gasteiger partial charge in [-0.3, -0.25) is 4.79 Å². The fourth-order valence-corrected chi connectivity index (χ4v) is 2.13. The number of carbonyl (C=O) groups excluding carboxylic acids is 1. The first kappa shape index (κ1) is 12.0. The third-order valence-electron chi connectivity index (χ3n) is 2.55. The molecule has 0 bridgehead atoms. The highest BCUT2D eigenvalue weighted by molar-refractivity contribution is 9.10. The summed E-state index contributed by atoms with van der Waals surface area (Å²) in [6.45, 7) is 3.32. The molecule has 2 aromatic rings. The van der Waals surface area contributed by atoms with Crippen molar-refractivity contribution < 1.29 is 4.79 Å². The average Bonchev–Trinajstić information content (AvgIpc) is 2.94. The van der Waals surface area contributed by atoms with Gasteiger partial charge < -0.3 is 14.9 Å². The molecule has 0 aromatic carbocycles. The second kappa shape index (κ2) is 5.23. The molecule has 2 rings (SSSR count). The van der Waals surface area contributed by atoms with Gasteiger partial charge in [0.05, 0.1) is 0 Å². The van der Waals surface area contributed by atoms with Gasteiger partial charge in [0.15, 0.2) is 0 Å². The minimum atomic E-state index is -0.0567. The average molecular weight is 296 g/mol. The SMILES string of the molecule is CCn1cc(Br)cc1C(=O)NCc1cc[nH]c1. The Bertz CT molecular complexity index is 502. The van der Waals surface area contributed by atoms with Crippen molar-refractivity contribution in [1.82, 2.24) is 14.9 Å². The van der Waals surface area contributed by atoms with Crippen LogP contribution in [-0.2, 0) is 13.1 Å². The third-order valence-corrected chi connectivity index (χ3v) is 2.99. The van der Waals surface area contributed by atoms with Gasteiger partial charge in [-0.25, -0.2) is 0 Å². The maximum Gasteiger partial charge on any atom is 0.268 e. The molecule has 0 aliphatic rings. The fraction of sp³-hybridized carbons (Fsp3) is 0.250. The number of aromatic nitrogens is 2. The molecule has 0 aliphatic carbocycles. The molecule has 2 heterocycles. The summed E-state index contributed by atoms with van der Waals surface area (Å²) in [6, 6.07) is 3.77. The molecule has 17 heavy (non-hydrogen) atoms. The van der Waals surface area contributed by atoms with E-state index < -0.39 is 0 Å². The number of nitrogens with zero attached hydrogens (tertiary/aromatic N) is 1. The van der Waals surface area contributed by atoms with Gasteiger partial charge in [0.2, 0.25) is 0 Å². The van der Waals surface area contributed by atoms with E-state index in [9.17, 15) is 4.79 Å². The molecule has 1 amide bonds. The Morgan fingerprint density at radius 2 is 2.41 bits per heavy atom. The highest BCUT2D eigenvalue weighted by Gasteiger charge is 2.11. The molecule has 0 fully saturated rings. The Kier molecular flexibility index (Phi) is 3.68. The van der Waals surface area contributed by atoms with Crippen molar-refractivity contribution in [2.24, 2.45) is 0 Å². The standard InChI is InChI=1S/C12H14BrN3O/c1-2-16-8-10(13)5-11(16)12(17)15-7-9-3-4-14-6-9/h3-6,8,14H,2,7H2,1H3,(H,15,17). The molecule has 5 heteroatoms. The van der Waals surface area contributed by atoms with E-state index in [1.54, 1.807) is 0 Å². The molecular weight excluding hydrogens is 282 g/mol. The molecule has 0 saturated heterocycles. The summed E-state index contributed by atoms with van der Waals surface area (Å²) < 4.78 is 2.84. The van der Waals surface area contributed by atoms with Crippen molar-refractivity contribution in [2.45, 2.75) is 20.0 Å². The van der Waals surface area contributed by atoms with Gasteiger partial charge >= 0.3 is 0 Å². The van der Waals surface area contributed by atoms with Crippen LogP contribution in [0.2, 0.25) is 0 Å². The number of carbonyl (C=O) groups is 1. The molecule has 0 saturated carbocycles. The summed E-state index contributed by atoms with van der Waals surface area (Å²) in [7, 11) is 0. The number of nitrogens with one attached hydrogen (secondary N) is 2. The summed E-state index contributed by atoms with van der Waals surface area (Å²) >= 11 is 3.38. The molecule has 4 nitrogen and oxygen atoms in total. The van der Waals surface area contributed by atoms with Crippen molar-refractivity contribution in [3.8, 4) is 0 Å². The molecule has 0 spiro atoms. The monoisotopic (exact) mass is 295 g/mol. The molecule has 0 aliphatic heterocycles. The van der Waals surface area contributed by atoms with Crippen molar-refractivity contribution in [2.75, 3.05) is 0 Å². The lowest BCUT2D eigenvalue weighted by Gasteiger charge is -2.06. The van der Waals surface area contributed by atoms with Gasteiger partial charge in [-0.15, -0.1) is 0 Å². The van der Waals surface area contributed by atoms with Crippen LogP contribution in [0.1, 0.15) is 23.0 Å². The third kappa shape index (κ3) is 2.79. The van der Waals surface area contributed by atoms with Crippen LogP contribution in [0.3, 0.4) is 0 Å². The van der Waals surface area contributed by atoms with Crippen LogP contribution in [0.5, 0.6) is 0 Å². The Hall–Kier alpha value is -1.49. The van der Waals surface area contributed by atoms with Crippen LogP contribution in [-0.4, -0.2) is 15.5 Å². The molecule has 0 unspecified atom stereocenters. The number of amides is 1. The zero-order chi connectivity index (χ0) is 12.3. The first-order valence-electron chi connectivity index (χ1n) is 5.46. The van der Waals surface area contributed by atoms with Gasteiger partial charge in [-0.1, -0.05) is 0 Å². The summed E-state index contributed by atoms with van der Waals surface area (Å²) in [5.74, 6) is -0.0567. The molecule has 0 radical (unpaired) electrons. The second-order valence-electron chi connectivity index (χ2n) is 3.73. The maximum atomic E-state index is 12.0. The second-order valence-corrected chi connectivity index (χ2v) is 4.65. The summed E-state index contributed by atoms with van der Waals surface area (Å²) in [6.07, 6.45) is 5.62. The highest BCUT2D eigenvalue weighted by atomic mass is 79.9. The van der Waals surface area contributed by atoms with Crippen LogP contribution < -0.4 is 5.32 Å². The van der Waals surface area contributed by atoms with Crippen molar-refractivity contribution >= 4 is 21.8 Å². The van der Waals surface area contributed by atoms with E-state index in [1.165, 1.54) is 0 Å². The maximum absolute atomic E-state index is 12.0. The first-order valence-corrected chi connectivity index (χ1v) is 6.25. The predicted octanol–water partition coefficient (Wildman–Crippen LogP) is 2.53. The van der Waals surface area contributed by atoms with Gasteiger partial charge in [0.1, 0.15) is 5.69 Å². The minimum Gasteiger partial charge on any atom is -0.367 e. The van der Waals surface area contributed by atoms with E-state index in [0.717, 1.165) is 16.6 Å². The number of hydrogen-bond acceptors (Lipinski definition) is 1. The van der Waals surface area contributed by atoms with E-state index in [4.69, 9.17) is 0 Å². The van der Waals surface area contributed by atoms with Crippen LogP contribution in [0.15, 0.2) is 35.2 Å². The largest absolute Gasteiger partial charge is 0.367 e. The first-order chi connectivity index (χ1) is 8.20. The zero-order valence-electron chi connectivity index (χ0n) is 9.53.